The first-order chi connectivity index (χ1) is 12.4. The van der Waals surface area contributed by atoms with E-state index in [4.69, 9.17) is 0 Å². The Morgan fingerprint density at radius 1 is 1.15 bits per heavy atom. The molecule has 1 aromatic carbocycles. The molecule has 3 aromatic rings. The number of aromatic nitrogens is 4. The minimum absolute atomic E-state index is 0.205. The summed E-state index contributed by atoms with van der Waals surface area (Å²) in [4.78, 5) is 12.5. The van der Waals surface area contributed by atoms with Crippen LogP contribution in [0, 0.1) is 0 Å². The third-order valence-corrected chi connectivity index (χ3v) is 4.92. The Morgan fingerprint density at radius 3 is 2.62 bits per heavy atom. The number of carbonyl (C=O) groups is 1. The average molecular weight is 379 g/mol. The van der Waals surface area contributed by atoms with Crippen molar-refractivity contribution in [2.75, 3.05) is 5.32 Å². The molecule has 0 unspecified atom stereocenters. The SMILES string of the molecule is O=C(Nc1nnc(C(F)(F)F)s1)c1nn(-c2ccccc2)c2c1CCC2. The van der Waals surface area contributed by atoms with E-state index in [-0.39, 0.29) is 22.2 Å². The molecule has 0 saturated carbocycles. The van der Waals surface area contributed by atoms with Gasteiger partial charge in [-0.25, -0.2) is 4.68 Å². The molecule has 0 spiro atoms. The van der Waals surface area contributed by atoms with Gasteiger partial charge in [0, 0.05) is 11.3 Å². The van der Waals surface area contributed by atoms with Crippen LogP contribution in [0.3, 0.4) is 0 Å². The topological polar surface area (TPSA) is 72.7 Å². The van der Waals surface area contributed by atoms with Crippen LogP contribution in [-0.2, 0) is 19.0 Å². The van der Waals surface area contributed by atoms with Crippen molar-refractivity contribution >= 4 is 22.4 Å². The number of anilines is 1. The van der Waals surface area contributed by atoms with Crippen LogP contribution in [0.5, 0.6) is 0 Å². The van der Waals surface area contributed by atoms with E-state index in [1.54, 1.807) is 4.68 Å². The van der Waals surface area contributed by atoms with Crippen LogP contribution in [0.15, 0.2) is 30.3 Å². The average Bonchev–Trinajstić information content (AvgIpc) is 3.30. The molecule has 134 valence electrons. The first-order valence-corrected chi connectivity index (χ1v) is 8.63. The molecule has 0 atom stereocenters. The number of nitrogens with zero attached hydrogens (tertiary/aromatic N) is 4. The van der Waals surface area contributed by atoms with Crippen molar-refractivity contribution < 1.29 is 18.0 Å². The zero-order valence-electron chi connectivity index (χ0n) is 13.2. The lowest BCUT2D eigenvalue weighted by atomic mass is 10.2. The van der Waals surface area contributed by atoms with Crippen LogP contribution in [0.2, 0.25) is 0 Å². The standard InChI is InChI=1S/C16H12F3N5OS/c17-16(18,19)14-21-22-15(26-14)20-13(25)12-10-7-4-8-11(10)24(23-12)9-5-2-1-3-6-9/h1-3,5-6H,4,7-8H2,(H,20,22,25). The molecule has 0 aliphatic heterocycles. The van der Waals surface area contributed by atoms with Crippen molar-refractivity contribution in [2.45, 2.75) is 25.4 Å². The number of alkyl halides is 3. The number of halogens is 3. The normalized spacial score (nSPS) is 13.7. The lowest BCUT2D eigenvalue weighted by Gasteiger charge is -2.04. The molecule has 4 rings (SSSR count). The van der Waals surface area contributed by atoms with Gasteiger partial charge in [-0.2, -0.15) is 18.3 Å². The second-order valence-electron chi connectivity index (χ2n) is 5.74. The summed E-state index contributed by atoms with van der Waals surface area (Å²) < 4.78 is 39.6. The molecule has 6 nitrogen and oxygen atoms in total. The Bertz CT molecular complexity index is 964. The van der Waals surface area contributed by atoms with Gasteiger partial charge in [0.15, 0.2) is 5.69 Å². The first-order valence-electron chi connectivity index (χ1n) is 7.82. The number of fused-ring (bicyclic) bond motifs is 1. The van der Waals surface area contributed by atoms with E-state index in [0.29, 0.717) is 6.42 Å². The summed E-state index contributed by atoms with van der Waals surface area (Å²) >= 11 is 0.286. The maximum Gasteiger partial charge on any atom is 0.445 e. The molecular formula is C16H12F3N5OS. The largest absolute Gasteiger partial charge is 0.445 e. The summed E-state index contributed by atoms with van der Waals surface area (Å²) in [6, 6.07) is 9.39. The number of rotatable bonds is 3. The number of amides is 1. The van der Waals surface area contributed by atoms with Gasteiger partial charge in [0.1, 0.15) is 0 Å². The lowest BCUT2D eigenvalue weighted by Crippen LogP contribution is -2.14. The molecule has 0 radical (unpaired) electrons. The van der Waals surface area contributed by atoms with Crippen LogP contribution in [0.25, 0.3) is 5.69 Å². The minimum atomic E-state index is -4.59. The van der Waals surface area contributed by atoms with Crippen LogP contribution >= 0.6 is 11.3 Å². The lowest BCUT2D eigenvalue weighted by molar-refractivity contribution is -0.138. The third kappa shape index (κ3) is 2.96. The summed E-state index contributed by atoms with van der Waals surface area (Å²) in [5.74, 6) is -0.581. The van der Waals surface area contributed by atoms with E-state index in [9.17, 15) is 18.0 Å². The van der Waals surface area contributed by atoms with Gasteiger partial charge in [-0.3, -0.25) is 10.1 Å². The van der Waals surface area contributed by atoms with Crippen LogP contribution < -0.4 is 5.32 Å². The van der Waals surface area contributed by atoms with Crippen molar-refractivity contribution in [3.05, 3.63) is 52.3 Å². The number of hydrogen-bond acceptors (Lipinski definition) is 5. The Balaban J connectivity index is 1.64. The van der Waals surface area contributed by atoms with Crippen molar-refractivity contribution in [1.29, 1.82) is 0 Å². The van der Waals surface area contributed by atoms with E-state index < -0.39 is 17.1 Å². The third-order valence-electron chi connectivity index (χ3n) is 4.03. The van der Waals surface area contributed by atoms with Gasteiger partial charge >= 0.3 is 6.18 Å². The summed E-state index contributed by atoms with van der Waals surface area (Å²) in [7, 11) is 0. The summed E-state index contributed by atoms with van der Waals surface area (Å²) in [5.41, 5.74) is 2.83. The maximum absolute atomic E-state index is 12.6. The minimum Gasteiger partial charge on any atom is -0.295 e. The highest BCUT2D eigenvalue weighted by atomic mass is 32.1. The second kappa shape index (κ2) is 6.20. The fourth-order valence-corrected chi connectivity index (χ4v) is 3.55. The van der Waals surface area contributed by atoms with E-state index in [2.05, 4.69) is 20.6 Å². The van der Waals surface area contributed by atoms with Crippen molar-refractivity contribution in [3.8, 4) is 5.69 Å². The van der Waals surface area contributed by atoms with Gasteiger partial charge in [0.05, 0.1) is 5.69 Å². The molecular weight excluding hydrogens is 367 g/mol. The fourth-order valence-electron chi connectivity index (χ4n) is 2.95. The zero-order chi connectivity index (χ0) is 18.3. The highest BCUT2D eigenvalue weighted by Gasteiger charge is 2.36. The number of nitrogens with one attached hydrogen (secondary N) is 1. The Morgan fingerprint density at radius 2 is 1.92 bits per heavy atom. The Kier molecular flexibility index (Phi) is 3.98. The number of carbonyl (C=O) groups excluding carboxylic acids is 1. The smallest absolute Gasteiger partial charge is 0.295 e. The highest BCUT2D eigenvalue weighted by Crippen LogP contribution is 2.33. The van der Waals surface area contributed by atoms with E-state index >= 15 is 0 Å². The summed E-state index contributed by atoms with van der Waals surface area (Å²) in [5, 5.41) is 11.9. The molecule has 26 heavy (non-hydrogen) atoms. The monoisotopic (exact) mass is 379 g/mol. The van der Waals surface area contributed by atoms with Crippen LogP contribution in [-0.4, -0.2) is 25.9 Å². The number of para-hydroxylation sites is 1. The number of benzene rings is 1. The van der Waals surface area contributed by atoms with Crippen molar-refractivity contribution in [3.63, 3.8) is 0 Å². The predicted octanol–water partition coefficient (Wildman–Crippen LogP) is 3.48. The number of hydrogen-bond donors (Lipinski definition) is 1. The van der Waals surface area contributed by atoms with Gasteiger partial charge < -0.3 is 0 Å². The molecule has 2 aromatic heterocycles. The Labute approximate surface area is 149 Å². The highest BCUT2D eigenvalue weighted by molar-refractivity contribution is 7.15. The second-order valence-corrected chi connectivity index (χ2v) is 6.72. The first kappa shape index (κ1) is 16.7. The molecule has 1 N–H and O–H groups in total. The molecule has 0 saturated heterocycles. The van der Waals surface area contributed by atoms with E-state index in [0.717, 1.165) is 29.8 Å². The van der Waals surface area contributed by atoms with Gasteiger partial charge in [-0.1, -0.05) is 29.5 Å². The van der Waals surface area contributed by atoms with Gasteiger partial charge in [0.25, 0.3) is 5.91 Å². The molecule has 1 aliphatic rings. The molecule has 2 heterocycles. The zero-order valence-corrected chi connectivity index (χ0v) is 14.1. The predicted molar refractivity (Wildman–Crippen MR) is 88.5 cm³/mol. The quantitative estimate of drug-likeness (QED) is 0.756. The van der Waals surface area contributed by atoms with Gasteiger partial charge in [-0.15, -0.1) is 10.2 Å². The summed E-state index contributed by atoms with van der Waals surface area (Å²) in [6.45, 7) is 0. The van der Waals surface area contributed by atoms with Crippen molar-refractivity contribution in [2.24, 2.45) is 0 Å². The molecule has 10 heteroatoms. The van der Waals surface area contributed by atoms with Crippen molar-refractivity contribution in [1.82, 2.24) is 20.0 Å². The Hall–Kier alpha value is -2.75. The molecule has 1 aliphatic carbocycles. The maximum atomic E-state index is 12.6. The fraction of sp³-hybridized carbons (Fsp3) is 0.250. The van der Waals surface area contributed by atoms with Gasteiger partial charge in [0.2, 0.25) is 10.1 Å². The molecule has 0 bridgehead atoms. The molecule has 1 amide bonds. The van der Waals surface area contributed by atoms with Gasteiger partial charge in [-0.05, 0) is 31.4 Å². The molecule has 0 fully saturated rings. The van der Waals surface area contributed by atoms with Crippen LogP contribution in [0.1, 0.15) is 33.2 Å². The van der Waals surface area contributed by atoms with Crippen LogP contribution in [0.4, 0.5) is 18.3 Å². The summed E-state index contributed by atoms with van der Waals surface area (Å²) in [6.07, 6.45) is -2.19. The van der Waals surface area contributed by atoms with E-state index in [1.807, 2.05) is 30.3 Å². The van der Waals surface area contributed by atoms with E-state index in [1.165, 1.54) is 0 Å².